The predicted molar refractivity (Wildman–Crippen MR) is 39.4 cm³/mol. The molecule has 1 fully saturated rings. The molecule has 0 saturated carbocycles. The van der Waals surface area contributed by atoms with Gasteiger partial charge in [0.2, 0.25) is 0 Å². The second-order valence-corrected chi connectivity index (χ2v) is 2.86. The highest BCUT2D eigenvalue weighted by atomic mass is 16.5. The molecule has 0 atom stereocenters. The molecule has 0 unspecified atom stereocenters. The Kier molecular flexibility index (Phi) is 2.46. The molecule has 64 valence electrons. The van der Waals surface area contributed by atoms with Gasteiger partial charge in [-0.3, -0.25) is 4.79 Å². The molecule has 1 heterocycles. The van der Waals surface area contributed by atoms with Gasteiger partial charge in [0.15, 0.2) is 0 Å². The van der Waals surface area contributed by atoms with Crippen molar-refractivity contribution < 1.29 is 14.6 Å². The van der Waals surface area contributed by atoms with Gasteiger partial charge in [0.25, 0.3) is 0 Å². The minimum absolute atomic E-state index is 0.343. The lowest BCUT2D eigenvalue weighted by atomic mass is 9.86. The largest absolute Gasteiger partial charge is 0.481 e. The monoisotopic (exact) mass is 159 g/mol. The molecule has 4 nitrogen and oxygen atoms in total. The van der Waals surface area contributed by atoms with Crippen molar-refractivity contribution in [2.24, 2.45) is 5.41 Å². The lowest BCUT2D eigenvalue weighted by Crippen LogP contribution is -2.55. The van der Waals surface area contributed by atoms with Crippen molar-refractivity contribution in [1.82, 2.24) is 5.32 Å². The minimum Gasteiger partial charge on any atom is -0.481 e. The Morgan fingerprint density at radius 1 is 1.73 bits per heavy atom. The summed E-state index contributed by atoms with van der Waals surface area (Å²) in [5.41, 5.74) is -0.643. The topological polar surface area (TPSA) is 58.6 Å². The first-order chi connectivity index (χ1) is 5.21. The Hall–Kier alpha value is -0.610. The van der Waals surface area contributed by atoms with Crippen molar-refractivity contribution in [3.8, 4) is 0 Å². The molecule has 0 aromatic heterocycles. The summed E-state index contributed by atoms with van der Waals surface area (Å²) in [7, 11) is 0. The molecule has 0 amide bonds. The van der Waals surface area contributed by atoms with E-state index >= 15 is 0 Å². The van der Waals surface area contributed by atoms with Gasteiger partial charge >= 0.3 is 5.97 Å². The third-order valence-corrected chi connectivity index (χ3v) is 1.92. The molecule has 1 aliphatic heterocycles. The van der Waals surface area contributed by atoms with Crippen molar-refractivity contribution in [3.63, 3.8) is 0 Å². The number of carboxylic acid groups (broad SMARTS) is 1. The fourth-order valence-corrected chi connectivity index (χ4v) is 1.01. The Morgan fingerprint density at radius 3 is 2.64 bits per heavy atom. The van der Waals surface area contributed by atoms with Crippen LogP contribution in [-0.2, 0) is 9.53 Å². The zero-order valence-corrected chi connectivity index (χ0v) is 6.59. The van der Waals surface area contributed by atoms with Crippen LogP contribution in [0.2, 0.25) is 0 Å². The van der Waals surface area contributed by atoms with E-state index in [0.29, 0.717) is 19.8 Å². The van der Waals surface area contributed by atoms with Crippen LogP contribution in [0.25, 0.3) is 0 Å². The van der Waals surface area contributed by atoms with Crippen molar-refractivity contribution in [3.05, 3.63) is 0 Å². The molecule has 1 saturated heterocycles. The van der Waals surface area contributed by atoms with Crippen LogP contribution in [0.4, 0.5) is 0 Å². The van der Waals surface area contributed by atoms with Crippen LogP contribution in [0, 0.1) is 5.41 Å². The number of carbonyl (C=O) groups is 1. The Labute approximate surface area is 65.5 Å². The lowest BCUT2D eigenvalue weighted by molar-refractivity contribution is -0.178. The average molecular weight is 159 g/mol. The average Bonchev–Trinajstić information content (AvgIpc) is 1.85. The van der Waals surface area contributed by atoms with Gasteiger partial charge in [-0.05, 0) is 6.54 Å². The first kappa shape index (κ1) is 8.49. The molecule has 2 N–H and O–H groups in total. The second kappa shape index (κ2) is 3.19. The predicted octanol–water partition coefficient (Wildman–Crippen LogP) is -0.303. The van der Waals surface area contributed by atoms with Gasteiger partial charge in [0.05, 0.1) is 13.2 Å². The number of aliphatic carboxylic acids is 1. The zero-order chi connectivity index (χ0) is 8.32. The quantitative estimate of drug-likeness (QED) is 0.591. The summed E-state index contributed by atoms with van der Waals surface area (Å²) in [6.07, 6.45) is 0. The standard InChI is InChI=1S/C7H13NO3/c1-2-8-3-7(6(9)10)4-11-5-7/h8H,2-5H2,1H3,(H,9,10). The van der Waals surface area contributed by atoms with E-state index in [0.717, 1.165) is 6.54 Å². The molecule has 0 aromatic carbocycles. The third-order valence-electron chi connectivity index (χ3n) is 1.92. The van der Waals surface area contributed by atoms with E-state index in [4.69, 9.17) is 9.84 Å². The van der Waals surface area contributed by atoms with Gasteiger partial charge in [-0.1, -0.05) is 6.92 Å². The molecule has 0 spiro atoms. The van der Waals surface area contributed by atoms with Crippen molar-refractivity contribution >= 4 is 5.97 Å². The van der Waals surface area contributed by atoms with E-state index in [1.165, 1.54) is 0 Å². The Bertz CT molecular complexity index is 154. The molecule has 0 aliphatic carbocycles. The van der Waals surface area contributed by atoms with Gasteiger partial charge in [0.1, 0.15) is 5.41 Å². The molecule has 0 radical (unpaired) electrons. The van der Waals surface area contributed by atoms with Crippen LogP contribution < -0.4 is 5.32 Å². The van der Waals surface area contributed by atoms with Gasteiger partial charge in [-0.2, -0.15) is 0 Å². The molecular weight excluding hydrogens is 146 g/mol. The number of carboxylic acids is 1. The zero-order valence-electron chi connectivity index (χ0n) is 6.59. The molecular formula is C7H13NO3. The summed E-state index contributed by atoms with van der Waals surface area (Å²) in [4.78, 5) is 10.7. The van der Waals surface area contributed by atoms with E-state index < -0.39 is 11.4 Å². The van der Waals surface area contributed by atoms with Crippen LogP contribution in [-0.4, -0.2) is 37.4 Å². The summed E-state index contributed by atoms with van der Waals surface area (Å²) >= 11 is 0. The van der Waals surface area contributed by atoms with Gasteiger partial charge in [-0.15, -0.1) is 0 Å². The van der Waals surface area contributed by atoms with Crippen molar-refractivity contribution in [2.75, 3.05) is 26.3 Å². The Balaban J connectivity index is 2.40. The summed E-state index contributed by atoms with van der Waals surface area (Å²) in [6, 6.07) is 0. The first-order valence-electron chi connectivity index (χ1n) is 3.73. The fraction of sp³-hybridized carbons (Fsp3) is 0.857. The molecule has 1 aliphatic rings. The van der Waals surface area contributed by atoms with E-state index in [2.05, 4.69) is 5.32 Å². The number of hydrogen-bond acceptors (Lipinski definition) is 3. The van der Waals surface area contributed by atoms with E-state index in [-0.39, 0.29) is 0 Å². The highest BCUT2D eigenvalue weighted by Gasteiger charge is 2.45. The van der Waals surface area contributed by atoms with Crippen LogP contribution >= 0.6 is 0 Å². The van der Waals surface area contributed by atoms with E-state index in [1.807, 2.05) is 6.92 Å². The number of ether oxygens (including phenoxy) is 1. The van der Waals surface area contributed by atoms with E-state index in [1.54, 1.807) is 0 Å². The maximum atomic E-state index is 10.7. The summed E-state index contributed by atoms with van der Waals surface area (Å²) < 4.78 is 4.88. The van der Waals surface area contributed by atoms with Gasteiger partial charge in [-0.25, -0.2) is 0 Å². The number of rotatable bonds is 4. The normalized spacial score (nSPS) is 20.8. The van der Waals surface area contributed by atoms with Crippen LogP contribution in [0.3, 0.4) is 0 Å². The molecule has 0 bridgehead atoms. The van der Waals surface area contributed by atoms with Crippen LogP contribution in [0.15, 0.2) is 0 Å². The highest BCUT2D eigenvalue weighted by Crippen LogP contribution is 2.26. The minimum atomic E-state index is -0.760. The highest BCUT2D eigenvalue weighted by molar-refractivity contribution is 5.76. The lowest BCUT2D eigenvalue weighted by Gasteiger charge is -2.37. The van der Waals surface area contributed by atoms with Gasteiger partial charge in [0, 0.05) is 6.54 Å². The second-order valence-electron chi connectivity index (χ2n) is 2.86. The van der Waals surface area contributed by atoms with Crippen molar-refractivity contribution in [1.29, 1.82) is 0 Å². The smallest absolute Gasteiger partial charge is 0.315 e. The van der Waals surface area contributed by atoms with Crippen molar-refractivity contribution in [2.45, 2.75) is 6.92 Å². The number of nitrogens with one attached hydrogen (secondary N) is 1. The van der Waals surface area contributed by atoms with Crippen LogP contribution in [0.1, 0.15) is 6.92 Å². The Morgan fingerprint density at radius 2 is 2.36 bits per heavy atom. The maximum Gasteiger partial charge on any atom is 0.315 e. The molecule has 0 aromatic rings. The first-order valence-corrected chi connectivity index (χ1v) is 3.73. The molecule has 1 rings (SSSR count). The molecule has 11 heavy (non-hydrogen) atoms. The number of hydrogen-bond donors (Lipinski definition) is 2. The maximum absolute atomic E-state index is 10.7. The van der Waals surface area contributed by atoms with Gasteiger partial charge < -0.3 is 15.2 Å². The SMILES string of the molecule is CCNCC1(C(=O)O)COC1. The summed E-state index contributed by atoms with van der Waals surface area (Å²) in [5, 5.41) is 11.8. The summed E-state index contributed by atoms with van der Waals surface area (Å²) in [5.74, 6) is -0.760. The third kappa shape index (κ3) is 1.52. The fourth-order valence-electron chi connectivity index (χ4n) is 1.01. The molecule has 4 heteroatoms. The van der Waals surface area contributed by atoms with Crippen LogP contribution in [0.5, 0.6) is 0 Å². The van der Waals surface area contributed by atoms with E-state index in [9.17, 15) is 4.79 Å². The summed E-state index contributed by atoms with van der Waals surface area (Å²) in [6.45, 7) is 3.95.